The smallest absolute Gasteiger partial charge is 0.307 e. The fourth-order valence-corrected chi connectivity index (χ4v) is 4.96. The number of rotatable bonds is 5. The van der Waals surface area contributed by atoms with Crippen LogP contribution in [0.1, 0.15) is 12.5 Å². The maximum atomic E-state index is 11.7. The predicted molar refractivity (Wildman–Crippen MR) is 126 cm³/mol. The Kier molecular flexibility index (Phi) is 5.90. The molecule has 0 fully saturated rings. The molecule has 0 saturated carbocycles. The van der Waals surface area contributed by atoms with E-state index in [0.29, 0.717) is 5.75 Å². The summed E-state index contributed by atoms with van der Waals surface area (Å²) in [5.74, 6) is 0.559. The number of nitrogens with zero attached hydrogens (tertiary/aromatic N) is 1. The minimum absolute atomic E-state index is 0.559. The van der Waals surface area contributed by atoms with Crippen LogP contribution in [0.3, 0.4) is 0 Å². The predicted octanol–water partition coefficient (Wildman–Crippen LogP) is 6.10. The second kappa shape index (κ2) is 8.57. The van der Waals surface area contributed by atoms with E-state index in [1.54, 1.807) is 11.8 Å². The van der Waals surface area contributed by atoms with Gasteiger partial charge in [-0.15, -0.1) is 0 Å². The van der Waals surface area contributed by atoms with Crippen molar-refractivity contribution >= 4 is 44.1 Å². The van der Waals surface area contributed by atoms with Gasteiger partial charge in [0.05, 0.1) is 5.56 Å². The summed E-state index contributed by atoms with van der Waals surface area (Å²) in [6, 6.07) is 28.0. The number of benzene rings is 3. The summed E-state index contributed by atoms with van der Waals surface area (Å²) in [7, 11) is 0. The third-order valence-corrected chi connectivity index (χ3v) is 6.46. The van der Waals surface area contributed by atoms with Gasteiger partial charge in [-0.2, -0.15) is 4.58 Å². The zero-order chi connectivity index (χ0) is 20.3. The molecule has 0 aliphatic carbocycles. The quantitative estimate of drug-likeness (QED) is 0.446. The van der Waals surface area contributed by atoms with Crippen molar-refractivity contribution in [2.75, 3.05) is 11.1 Å². The first-order valence-corrected chi connectivity index (χ1v) is 11.2. The SMILES string of the molecule is C/C(=C\C1=[N+](c2ccccc2)C(O)(c2ccccc2)CS1)Nc1ccc(Br)cc1. The summed E-state index contributed by atoms with van der Waals surface area (Å²) in [6.45, 7) is 2.04. The minimum Gasteiger partial charge on any atom is -0.359 e. The molecule has 0 saturated heterocycles. The van der Waals surface area contributed by atoms with Gasteiger partial charge in [0.25, 0.3) is 0 Å². The van der Waals surface area contributed by atoms with Crippen molar-refractivity contribution in [3.05, 3.63) is 107 Å². The number of para-hydroxylation sites is 1. The lowest BCUT2D eigenvalue weighted by molar-refractivity contribution is -0.592. The van der Waals surface area contributed by atoms with Gasteiger partial charge in [0.2, 0.25) is 10.7 Å². The van der Waals surface area contributed by atoms with Crippen LogP contribution in [-0.4, -0.2) is 20.5 Å². The number of nitrogens with one attached hydrogen (secondary N) is 1. The molecule has 29 heavy (non-hydrogen) atoms. The summed E-state index contributed by atoms with van der Waals surface area (Å²) in [6.07, 6.45) is 2.10. The number of hydrogen-bond donors (Lipinski definition) is 2. The van der Waals surface area contributed by atoms with Crippen LogP contribution < -0.4 is 5.32 Å². The molecule has 1 unspecified atom stereocenters. The van der Waals surface area contributed by atoms with Crippen LogP contribution in [0.25, 0.3) is 0 Å². The molecule has 3 aromatic carbocycles. The maximum Gasteiger partial charge on any atom is 0.307 e. The molecule has 1 aliphatic heterocycles. The Labute approximate surface area is 183 Å². The standard InChI is InChI=1S/C24H21BrN2OS/c1-18(26-21-14-12-20(25)13-15-21)16-23-27(22-10-6-3-7-11-22)24(28,17-29-23)19-8-4-2-5-9-19/h2-16,28H,17H2,1H3/p+1. The Balaban J connectivity index is 1.75. The number of hydrogen-bond acceptors (Lipinski definition) is 3. The van der Waals surface area contributed by atoms with Crippen LogP contribution in [0.15, 0.2) is 101 Å². The van der Waals surface area contributed by atoms with E-state index >= 15 is 0 Å². The van der Waals surface area contributed by atoms with Gasteiger partial charge in [-0.05, 0) is 55.1 Å². The van der Waals surface area contributed by atoms with Crippen LogP contribution >= 0.6 is 27.7 Å². The molecule has 3 nitrogen and oxygen atoms in total. The Morgan fingerprint density at radius 1 is 1.00 bits per heavy atom. The van der Waals surface area contributed by atoms with Crippen LogP contribution in [0, 0.1) is 0 Å². The molecule has 0 spiro atoms. The highest BCUT2D eigenvalue weighted by molar-refractivity contribution is 9.10. The van der Waals surface area contributed by atoms with E-state index in [1.807, 2.05) is 96.4 Å². The van der Waals surface area contributed by atoms with Gasteiger partial charge < -0.3 is 10.4 Å². The summed E-state index contributed by atoms with van der Waals surface area (Å²) in [4.78, 5) is 0. The first-order valence-electron chi connectivity index (χ1n) is 9.40. The van der Waals surface area contributed by atoms with E-state index in [1.165, 1.54) is 0 Å². The van der Waals surface area contributed by atoms with E-state index in [-0.39, 0.29) is 0 Å². The third-order valence-electron chi connectivity index (χ3n) is 4.79. The normalized spacial score (nSPS) is 19.5. The van der Waals surface area contributed by atoms with E-state index in [0.717, 1.165) is 32.2 Å². The third kappa shape index (κ3) is 4.32. The summed E-state index contributed by atoms with van der Waals surface area (Å²) < 4.78 is 3.08. The highest BCUT2D eigenvalue weighted by Gasteiger charge is 2.50. The lowest BCUT2D eigenvalue weighted by atomic mass is 10.0. The molecule has 1 heterocycles. The van der Waals surface area contributed by atoms with Crippen molar-refractivity contribution in [1.82, 2.24) is 0 Å². The van der Waals surface area contributed by atoms with Crippen LogP contribution in [-0.2, 0) is 5.72 Å². The molecule has 2 N–H and O–H groups in total. The minimum atomic E-state index is -1.10. The fraction of sp³-hybridized carbons (Fsp3) is 0.125. The number of anilines is 1. The van der Waals surface area contributed by atoms with Crippen LogP contribution in [0.5, 0.6) is 0 Å². The van der Waals surface area contributed by atoms with E-state index in [4.69, 9.17) is 0 Å². The summed E-state index contributed by atoms with van der Waals surface area (Å²) in [5, 5.41) is 16.1. The van der Waals surface area contributed by atoms with Crippen LogP contribution in [0.4, 0.5) is 11.4 Å². The van der Waals surface area contributed by atoms with Crippen molar-refractivity contribution in [3.8, 4) is 0 Å². The van der Waals surface area contributed by atoms with Crippen molar-refractivity contribution in [3.63, 3.8) is 0 Å². The largest absolute Gasteiger partial charge is 0.359 e. The fourth-order valence-electron chi connectivity index (χ4n) is 3.41. The number of thioether (sulfide) groups is 1. The maximum absolute atomic E-state index is 11.7. The Hall–Kier alpha value is -2.34. The Morgan fingerprint density at radius 2 is 1.62 bits per heavy atom. The molecule has 0 amide bonds. The highest BCUT2D eigenvalue weighted by atomic mass is 79.9. The van der Waals surface area contributed by atoms with E-state index < -0.39 is 5.72 Å². The van der Waals surface area contributed by atoms with E-state index in [9.17, 15) is 5.11 Å². The molecule has 5 heteroatoms. The zero-order valence-corrected chi connectivity index (χ0v) is 18.5. The van der Waals surface area contributed by atoms with Gasteiger partial charge in [0, 0.05) is 34.1 Å². The molecule has 1 aliphatic rings. The van der Waals surface area contributed by atoms with Crippen molar-refractivity contribution in [2.24, 2.45) is 0 Å². The van der Waals surface area contributed by atoms with Crippen molar-refractivity contribution in [1.29, 1.82) is 0 Å². The molecule has 4 rings (SSSR count). The van der Waals surface area contributed by atoms with Gasteiger partial charge in [-0.3, -0.25) is 0 Å². The second-order valence-electron chi connectivity index (χ2n) is 6.94. The molecule has 0 radical (unpaired) electrons. The molecule has 0 bridgehead atoms. The molecule has 0 aromatic heterocycles. The lowest BCUT2D eigenvalue weighted by Crippen LogP contribution is -2.36. The lowest BCUT2D eigenvalue weighted by Gasteiger charge is -2.20. The summed E-state index contributed by atoms with van der Waals surface area (Å²) >= 11 is 5.12. The first-order chi connectivity index (χ1) is 14.1. The molecule has 3 aromatic rings. The van der Waals surface area contributed by atoms with Gasteiger partial charge in [0.1, 0.15) is 5.75 Å². The van der Waals surface area contributed by atoms with Crippen LogP contribution in [0.2, 0.25) is 0 Å². The number of aliphatic hydroxyl groups is 1. The van der Waals surface area contributed by atoms with Gasteiger partial charge in [0.15, 0.2) is 0 Å². The zero-order valence-electron chi connectivity index (χ0n) is 16.0. The Morgan fingerprint density at radius 3 is 2.28 bits per heavy atom. The molecule has 146 valence electrons. The van der Waals surface area contributed by atoms with Gasteiger partial charge in [-0.1, -0.05) is 52.3 Å². The Bertz CT molecular complexity index is 1050. The second-order valence-corrected chi connectivity index (χ2v) is 8.85. The molecule has 1 atom stereocenters. The highest BCUT2D eigenvalue weighted by Crippen LogP contribution is 2.39. The average Bonchev–Trinajstić information content (AvgIpc) is 3.08. The first kappa shape index (κ1) is 20.0. The van der Waals surface area contributed by atoms with Gasteiger partial charge >= 0.3 is 5.72 Å². The average molecular weight is 466 g/mol. The van der Waals surface area contributed by atoms with Crippen molar-refractivity contribution < 1.29 is 9.68 Å². The topological polar surface area (TPSA) is 35.3 Å². The molecular formula is C24H22BrN2OS+. The van der Waals surface area contributed by atoms with Gasteiger partial charge in [-0.25, -0.2) is 0 Å². The number of allylic oxidation sites excluding steroid dienone is 1. The molecular weight excluding hydrogens is 444 g/mol. The van der Waals surface area contributed by atoms with E-state index in [2.05, 4.69) is 27.3 Å². The van der Waals surface area contributed by atoms with Crippen molar-refractivity contribution in [2.45, 2.75) is 12.6 Å². The summed E-state index contributed by atoms with van der Waals surface area (Å²) in [5.41, 5.74) is 2.78. The number of halogens is 1. The monoisotopic (exact) mass is 465 g/mol.